The molecule has 2 aromatic rings. The highest BCUT2D eigenvalue weighted by atomic mass is 16.5. The van der Waals surface area contributed by atoms with Crippen LogP contribution in [0.1, 0.15) is 25.8 Å². The van der Waals surface area contributed by atoms with E-state index in [1.807, 2.05) is 56.3 Å². The van der Waals surface area contributed by atoms with Crippen LogP contribution in [-0.4, -0.2) is 10.9 Å². The molecule has 0 spiro atoms. The molecular formula is C17H20N2O2. The number of benzene rings is 1. The third-order valence-corrected chi connectivity index (χ3v) is 3.29. The summed E-state index contributed by atoms with van der Waals surface area (Å²) < 4.78 is 5.67. The Morgan fingerprint density at radius 3 is 2.76 bits per heavy atom. The fraction of sp³-hybridized carbons (Fsp3) is 0.294. The van der Waals surface area contributed by atoms with E-state index in [0.717, 1.165) is 17.7 Å². The molecule has 4 nitrogen and oxygen atoms in total. The number of hydrogen-bond acceptors (Lipinski definition) is 3. The Bertz CT molecular complexity index is 584. The third-order valence-electron chi connectivity index (χ3n) is 3.29. The van der Waals surface area contributed by atoms with E-state index in [4.69, 9.17) is 4.74 Å². The number of ether oxygens (including phenoxy) is 1. The Kier molecular flexibility index (Phi) is 5.32. The monoisotopic (exact) mass is 284 g/mol. The van der Waals surface area contributed by atoms with Crippen LogP contribution in [0.25, 0.3) is 0 Å². The van der Waals surface area contributed by atoms with Crippen LogP contribution in [-0.2, 0) is 11.3 Å². The predicted octanol–water partition coefficient (Wildman–Crippen LogP) is 3.54. The van der Waals surface area contributed by atoms with Crippen LogP contribution >= 0.6 is 0 Å². The molecule has 1 aromatic carbocycles. The smallest absolute Gasteiger partial charge is 0.223 e. The van der Waals surface area contributed by atoms with Crippen molar-refractivity contribution in [3.63, 3.8) is 0 Å². The van der Waals surface area contributed by atoms with Gasteiger partial charge < -0.3 is 10.1 Å². The number of carbonyl (C=O) groups excluding carboxylic acids is 1. The van der Waals surface area contributed by atoms with Gasteiger partial charge in [-0.05, 0) is 30.2 Å². The van der Waals surface area contributed by atoms with Crippen molar-refractivity contribution in [3.05, 3.63) is 54.2 Å². The largest absolute Gasteiger partial charge is 0.439 e. The molecular weight excluding hydrogens is 264 g/mol. The van der Waals surface area contributed by atoms with Gasteiger partial charge in [0.25, 0.3) is 0 Å². The molecule has 0 saturated carbocycles. The van der Waals surface area contributed by atoms with Crippen molar-refractivity contribution in [1.82, 2.24) is 10.3 Å². The van der Waals surface area contributed by atoms with Crippen molar-refractivity contribution in [3.8, 4) is 11.6 Å². The molecule has 0 radical (unpaired) electrons. The zero-order chi connectivity index (χ0) is 15.1. The molecule has 1 amide bonds. The Hall–Kier alpha value is -2.36. The number of carbonyl (C=O) groups is 1. The van der Waals surface area contributed by atoms with Crippen LogP contribution in [0, 0.1) is 5.92 Å². The number of nitrogens with zero attached hydrogens (tertiary/aromatic N) is 1. The summed E-state index contributed by atoms with van der Waals surface area (Å²) in [6, 6.07) is 13.2. The summed E-state index contributed by atoms with van der Waals surface area (Å²) in [5.74, 6) is 1.37. The Labute approximate surface area is 125 Å². The first kappa shape index (κ1) is 15.0. The van der Waals surface area contributed by atoms with Gasteiger partial charge in [0.15, 0.2) is 0 Å². The second-order valence-corrected chi connectivity index (χ2v) is 4.94. The van der Waals surface area contributed by atoms with Gasteiger partial charge in [-0.15, -0.1) is 0 Å². The van der Waals surface area contributed by atoms with E-state index < -0.39 is 0 Å². The molecule has 1 N–H and O–H groups in total. The van der Waals surface area contributed by atoms with Gasteiger partial charge in [-0.25, -0.2) is 4.98 Å². The van der Waals surface area contributed by atoms with E-state index in [2.05, 4.69) is 10.3 Å². The van der Waals surface area contributed by atoms with Crippen LogP contribution in [0.5, 0.6) is 11.6 Å². The van der Waals surface area contributed by atoms with E-state index in [1.54, 1.807) is 6.20 Å². The van der Waals surface area contributed by atoms with Crippen LogP contribution in [0.3, 0.4) is 0 Å². The number of aromatic nitrogens is 1. The maximum absolute atomic E-state index is 11.8. The number of hydrogen-bond donors (Lipinski definition) is 1. The molecule has 0 aliphatic carbocycles. The fourth-order valence-electron chi connectivity index (χ4n) is 1.77. The van der Waals surface area contributed by atoms with Crippen molar-refractivity contribution in [2.24, 2.45) is 5.92 Å². The number of pyridine rings is 1. The Morgan fingerprint density at radius 2 is 2.05 bits per heavy atom. The van der Waals surface area contributed by atoms with Gasteiger partial charge in [-0.1, -0.05) is 32.0 Å². The van der Waals surface area contributed by atoms with E-state index in [-0.39, 0.29) is 11.8 Å². The van der Waals surface area contributed by atoms with Crippen LogP contribution < -0.4 is 10.1 Å². The van der Waals surface area contributed by atoms with Gasteiger partial charge in [-0.3, -0.25) is 4.79 Å². The van der Waals surface area contributed by atoms with Crippen molar-refractivity contribution in [2.45, 2.75) is 26.8 Å². The number of rotatable bonds is 6. The van der Waals surface area contributed by atoms with Crippen LogP contribution in [0.15, 0.2) is 48.7 Å². The van der Waals surface area contributed by atoms with Crippen LogP contribution in [0.2, 0.25) is 0 Å². The number of para-hydroxylation sites is 1. The molecule has 110 valence electrons. The molecule has 0 bridgehead atoms. The number of amides is 1. The highest BCUT2D eigenvalue weighted by molar-refractivity contribution is 5.78. The molecule has 1 atom stereocenters. The summed E-state index contributed by atoms with van der Waals surface area (Å²) in [4.78, 5) is 15.9. The SMILES string of the molecule is CC[C@@H](C)C(=O)NCc1ccnc(Oc2ccccc2)c1. The first-order valence-corrected chi connectivity index (χ1v) is 7.14. The molecule has 21 heavy (non-hydrogen) atoms. The molecule has 0 aliphatic heterocycles. The average molecular weight is 284 g/mol. The predicted molar refractivity (Wildman–Crippen MR) is 82.1 cm³/mol. The maximum atomic E-state index is 11.8. The van der Waals surface area contributed by atoms with Gasteiger partial charge in [0.1, 0.15) is 5.75 Å². The lowest BCUT2D eigenvalue weighted by atomic mass is 10.1. The van der Waals surface area contributed by atoms with Crippen molar-refractivity contribution in [2.75, 3.05) is 0 Å². The van der Waals surface area contributed by atoms with Crippen molar-refractivity contribution in [1.29, 1.82) is 0 Å². The second kappa shape index (κ2) is 7.43. The maximum Gasteiger partial charge on any atom is 0.223 e. The lowest BCUT2D eigenvalue weighted by molar-refractivity contribution is -0.124. The van der Waals surface area contributed by atoms with Gasteiger partial charge in [0, 0.05) is 24.7 Å². The molecule has 0 saturated heterocycles. The summed E-state index contributed by atoms with van der Waals surface area (Å²) in [6.45, 7) is 4.41. The summed E-state index contributed by atoms with van der Waals surface area (Å²) in [6.07, 6.45) is 2.52. The van der Waals surface area contributed by atoms with Gasteiger partial charge >= 0.3 is 0 Å². The second-order valence-electron chi connectivity index (χ2n) is 4.94. The Morgan fingerprint density at radius 1 is 1.29 bits per heavy atom. The van der Waals surface area contributed by atoms with Crippen molar-refractivity contribution < 1.29 is 9.53 Å². The summed E-state index contributed by atoms with van der Waals surface area (Å²) in [5, 5.41) is 2.92. The summed E-state index contributed by atoms with van der Waals surface area (Å²) in [7, 11) is 0. The summed E-state index contributed by atoms with van der Waals surface area (Å²) in [5.41, 5.74) is 0.965. The van der Waals surface area contributed by atoms with E-state index in [1.165, 1.54) is 0 Å². The third kappa shape index (κ3) is 4.60. The molecule has 0 fully saturated rings. The number of nitrogens with one attached hydrogen (secondary N) is 1. The first-order chi connectivity index (χ1) is 10.2. The van der Waals surface area contributed by atoms with Gasteiger partial charge in [0.2, 0.25) is 11.8 Å². The standard InChI is InChI=1S/C17H20N2O2/c1-3-13(2)17(20)19-12-14-9-10-18-16(11-14)21-15-7-5-4-6-8-15/h4-11,13H,3,12H2,1-2H3,(H,19,20)/t13-/m1/s1. The van der Waals surface area contributed by atoms with Crippen LogP contribution in [0.4, 0.5) is 0 Å². The zero-order valence-corrected chi connectivity index (χ0v) is 12.4. The molecule has 0 unspecified atom stereocenters. The lowest BCUT2D eigenvalue weighted by Crippen LogP contribution is -2.28. The quantitative estimate of drug-likeness (QED) is 0.882. The Balaban J connectivity index is 1.96. The average Bonchev–Trinajstić information content (AvgIpc) is 2.53. The topological polar surface area (TPSA) is 51.2 Å². The van der Waals surface area contributed by atoms with Gasteiger partial charge in [-0.2, -0.15) is 0 Å². The highest BCUT2D eigenvalue weighted by Gasteiger charge is 2.09. The molecule has 1 heterocycles. The molecule has 4 heteroatoms. The van der Waals surface area contributed by atoms with Gasteiger partial charge in [0.05, 0.1) is 0 Å². The molecule has 1 aromatic heterocycles. The zero-order valence-electron chi connectivity index (χ0n) is 12.4. The minimum absolute atomic E-state index is 0.0341. The highest BCUT2D eigenvalue weighted by Crippen LogP contribution is 2.19. The molecule has 2 rings (SSSR count). The molecule has 0 aliphatic rings. The first-order valence-electron chi connectivity index (χ1n) is 7.14. The van der Waals surface area contributed by atoms with E-state index in [0.29, 0.717) is 12.4 Å². The fourth-order valence-corrected chi connectivity index (χ4v) is 1.77. The normalized spacial score (nSPS) is 11.7. The van der Waals surface area contributed by atoms with Crippen molar-refractivity contribution >= 4 is 5.91 Å². The summed E-state index contributed by atoms with van der Waals surface area (Å²) >= 11 is 0. The lowest BCUT2D eigenvalue weighted by Gasteiger charge is -2.10. The minimum Gasteiger partial charge on any atom is -0.439 e. The minimum atomic E-state index is 0.0341. The van der Waals surface area contributed by atoms with E-state index in [9.17, 15) is 4.79 Å². The van der Waals surface area contributed by atoms with E-state index >= 15 is 0 Å².